The summed E-state index contributed by atoms with van der Waals surface area (Å²) in [4.78, 5) is 14.5. The minimum Gasteiger partial charge on any atom is -0.364 e. The number of carbonyl (C=O) groups is 1. The topological polar surface area (TPSA) is 20.3 Å². The zero-order valence-corrected chi connectivity index (χ0v) is 12.4. The molecule has 0 aliphatic carbocycles. The van der Waals surface area contributed by atoms with Gasteiger partial charge in [-0.25, -0.2) is 0 Å². The summed E-state index contributed by atoms with van der Waals surface area (Å²) >= 11 is 0. The molecule has 0 heterocycles. The Bertz CT molecular complexity index is 590. The van der Waals surface area contributed by atoms with Crippen molar-refractivity contribution in [2.75, 3.05) is 18.0 Å². The molecule has 0 atom stereocenters. The lowest BCUT2D eigenvalue weighted by atomic mass is 10.1. The lowest BCUT2D eigenvalue weighted by molar-refractivity contribution is 0.0999. The number of hydrogen-bond acceptors (Lipinski definition) is 2. The van der Waals surface area contributed by atoms with Gasteiger partial charge in [-0.3, -0.25) is 4.79 Å². The highest BCUT2D eigenvalue weighted by atomic mass is 16.1. The molecule has 0 N–H and O–H groups in total. The van der Waals surface area contributed by atoms with E-state index in [-0.39, 0.29) is 5.78 Å². The van der Waals surface area contributed by atoms with Gasteiger partial charge in [-0.1, -0.05) is 42.5 Å². The van der Waals surface area contributed by atoms with Crippen LogP contribution in [0.3, 0.4) is 0 Å². The van der Waals surface area contributed by atoms with Crippen LogP contribution >= 0.6 is 0 Å². The van der Waals surface area contributed by atoms with E-state index in [9.17, 15) is 4.79 Å². The number of likely N-dealkylation sites (N-methyl/N-ethyl adjacent to an activating group) is 1. The fourth-order valence-corrected chi connectivity index (χ4v) is 2.33. The zero-order chi connectivity index (χ0) is 14.5. The Morgan fingerprint density at radius 3 is 2.35 bits per heavy atom. The molecule has 2 heteroatoms. The van der Waals surface area contributed by atoms with Gasteiger partial charge in [0.15, 0.2) is 5.78 Å². The number of Topliss-reactive ketones (excluding diaryl/α,β-unsaturated/α-hetero) is 1. The van der Waals surface area contributed by atoms with Crippen molar-refractivity contribution in [1.29, 1.82) is 0 Å². The number of hydrogen-bond donors (Lipinski definition) is 0. The van der Waals surface area contributed by atoms with Gasteiger partial charge in [-0.05, 0) is 38.0 Å². The molecule has 0 aromatic heterocycles. The first-order chi connectivity index (χ1) is 9.63. The van der Waals surface area contributed by atoms with Gasteiger partial charge in [-0.15, -0.1) is 0 Å². The second kappa shape index (κ2) is 6.38. The van der Waals surface area contributed by atoms with E-state index < -0.39 is 0 Å². The predicted octanol–water partition coefficient (Wildman–Crippen LogP) is 4.01. The molecule has 20 heavy (non-hydrogen) atoms. The van der Waals surface area contributed by atoms with Crippen molar-refractivity contribution < 1.29 is 4.79 Å². The molecule has 0 unspecified atom stereocenters. The molecule has 0 aliphatic heterocycles. The van der Waals surface area contributed by atoms with Crippen LogP contribution < -0.4 is 4.90 Å². The van der Waals surface area contributed by atoms with Crippen LogP contribution in [0.15, 0.2) is 48.5 Å². The fraction of sp³-hybridized carbons (Fsp3) is 0.278. The largest absolute Gasteiger partial charge is 0.364 e. The van der Waals surface area contributed by atoms with Gasteiger partial charge in [0.2, 0.25) is 0 Å². The van der Waals surface area contributed by atoms with Crippen LogP contribution in [0.1, 0.15) is 28.4 Å². The summed E-state index contributed by atoms with van der Waals surface area (Å²) in [6.45, 7) is 7.54. The molecule has 0 saturated carbocycles. The van der Waals surface area contributed by atoms with Crippen molar-refractivity contribution in [2.24, 2.45) is 0 Å². The Morgan fingerprint density at radius 2 is 1.70 bits per heavy atom. The SMILES string of the molecule is CCN(CC(=O)c1ccccc1)c1cccc(C)c1C. The van der Waals surface area contributed by atoms with Crippen molar-refractivity contribution in [3.8, 4) is 0 Å². The summed E-state index contributed by atoms with van der Waals surface area (Å²) < 4.78 is 0. The van der Waals surface area contributed by atoms with Gasteiger partial charge in [0.1, 0.15) is 0 Å². The smallest absolute Gasteiger partial charge is 0.182 e. The second-order valence-electron chi connectivity index (χ2n) is 5.02. The lowest BCUT2D eigenvalue weighted by Crippen LogP contribution is -2.30. The molecule has 0 bridgehead atoms. The van der Waals surface area contributed by atoms with Crippen LogP contribution in [-0.2, 0) is 0 Å². The third-order valence-electron chi connectivity index (χ3n) is 3.73. The van der Waals surface area contributed by atoms with Gasteiger partial charge < -0.3 is 4.90 Å². The molecule has 0 amide bonds. The van der Waals surface area contributed by atoms with Crippen molar-refractivity contribution in [2.45, 2.75) is 20.8 Å². The molecule has 0 fully saturated rings. The summed E-state index contributed by atoms with van der Waals surface area (Å²) in [6.07, 6.45) is 0. The molecule has 2 rings (SSSR count). The zero-order valence-electron chi connectivity index (χ0n) is 12.4. The molecule has 2 aromatic rings. The first-order valence-electron chi connectivity index (χ1n) is 7.03. The molecular weight excluding hydrogens is 246 g/mol. The van der Waals surface area contributed by atoms with E-state index in [4.69, 9.17) is 0 Å². The monoisotopic (exact) mass is 267 g/mol. The molecule has 2 aromatic carbocycles. The second-order valence-corrected chi connectivity index (χ2v) is 5.02. The number of benzene rings is 2. The van der Waals surface area contributed by atoms with Crippen molar-refractivity contribution in [3.05, 3.63) is 65.2 Å². The fourth-order valence-electron chi connectivity index (χ4n) is 2.33. The standard InChI is InChI=1S/C18H21NO/c1-4-19(17-12-8-9-14(2)15(17)3)13-18(20)16-10-6-5-7-11-16/h5-12H,4,13H2,1-3H3. The number of anilines is 1. The Hall–Kier alpha value is -2.09. The summed E-state index contributed by atoms with van der Waals surface area (Å²) in [6, 6.07) is 15.7. The van der Waals surface area contributed by atoms with Crippen LogP contribution in [0.2, 0.25) is 0 Å². The van der Waals surface area contributed by atoms with Gasteiger partial charge in [0.05, 0.1) is 6.54 Å². The normalized spacial score (nSPS) is 10.3. The maximum Gasteiger partial charge on any atom is 0.182 e. The lowest BCUT2D eigenvalue weighted by Gasteiger charge is -2.25. The number of ketones is 1. The molecular formula is C18H21NO. The highest BCUT2D eigenvalue weighted by Gasteiger charge is 2.13. The van der Waals surface area contributed by atoms with Crippen LogP contribution in [0.5, 0.6) is 0 Å². The van der Waals surface area contributed by atoms with Crippen LogP contribution in [0.4, 0.5) is 5.69 Å². The van der Waals surface area contributed by atoms with E-state index in [2.05, 4.69) is 37.8 Å². The van der Waals surface area contributed by atoms with Crippen LogP contribution in [0.25, 0.3) is 0 Å². The Balaban J connectivity index is 2.21. The minimum atomic E-state index is 0.161. The molecule has 0 saturated heterocycles. The van der Waals surface area contributed by atoms with Gasteiger partial charge in [-0.2, -0.15) is 0 Å². The van der Waals surface area contributed by atoms with E-state index in [1.54, 1.807) is 0 Å². The van der Waals surface area contributed by atoms with Crippen LogP contribution in [-0.4, -0.2) is 18.9 Å². The van der Waals surface area contributed by atoms with E-state index >= 15 is 0 Å². The number of rotatable bonds is 5. The summed E-state index contributed by atoms with van der Waals surface area (Å²) in [5.41, 5.74) is 4.43. The van der Waals surface area contributed by atoms with Gasteiger partial charge >= 0.3 is 0 Å². The highest BCUT2D eigenvalue weighted by Crippen LogP contribution is 2.22. The Kier molecular flexibility index (Phi) is 4.57. The van der Waals surface area contributed by atoms with Gasteiger partial charge in [0, 0.05) is 17.8 Å². The van der Waals surface area contributed by atoms with E-state index in [0.29, 0.717) is 6.54 Å². The number of nitrogens with zero attached hydrogens (tertiary/aromatic N) is 1. The third-order valence-corrected chi connectivity index (χ3v) is 3.73. The average molecular weight is 267 g/mol. The predicted molar refractivity (Wildman–Crippen MR) is 84.6 cm³/mol. The van der Waals surface area contributed by atoms with Gasteiger partial charge in [0.25, 0.3) is 0 Å². The summed E-state index contributed by atoms with van der Waals surface area (Å²) in [5.74, 6) is 0.161. The van der Waals surface area contributed by atoms with Crippen LogP contribution in [0, 0.1) is 13.8 Å². The van der Waals surface area contributed by atoms with Crippen molar-refractivity contribution in [3.63, 3.8) is 0 Å². The quantitative estimate of drug-likeness (QED) is 0.763. The average Bonchev–Trinajstić information content (AvgIpc) is 2.48. The number of aryl methyl sites for hydroxylation is 1. The maximum absolute atomic E-state index is 12.3. The number of carbonyl (C=O) groups excluding carboxylic acids is 1. The first-order valence-corrected chi connectivity index (χ1v) is 7.03. The summed E-state index contributed by atoms with van der Waals surface area (Å²) in [5, 5.41) is 0. The molecule has 0 spiro atoms. The van der Waals surface area contributed by atoms with E-state index in [1.165, 1.54) is 11.1 Å². The highest BCUT2D eigenvalue weighted by molar-refractivity contribution is 5.99. The first kappa shape index (κ1) is 14.3. The van der Waals surface area contributed by atoms with E-state index in [0.717, 1.165) is 17.8 Å². The minimum absolute atomic E-state index is 0.161. The molecule has 2 nitrogen and oxygen atoms in total. The third kappa shape index (κ3) is 3.08. The van der Waals surface area contributed by atoms with E-state index in [1.807, 2.05) is 36.4 Å². The summed E-state index contributed by atoms with van der Waals surface area (Å²) in [7, 11) is 0. The Labute approximate surface area is 121 Å². The maximum atomic E-state index is 12.3. The van der Waals surface area contributed by atoms with Crippen molar-refractivity contribution in [1.82, 2.24) is 0 Å². The molecule has 0 aliphatic rings. The molecule has 0 radical (unpaired) electrons. The molecule has 104 valence electrons. The Morgan fingerprint density at radius 1 is 1.00 bits per heavy atom. The van der Waals surface area contributed by atoms with Crippen molar-refractivity contribution >= 4 is 11.5 Å².